The first-order chi connectivity index (χ1) is 11.4. The van der Waals surface area contributed by atoms with Crippen LogP contribution in [0.15, 0.2) is 59.5 Å². The highest BCUT2D eigenvalue weighted by molar-refractivity contribution is 7.90. The predicted octanol–water partition coefficient (Wildman–Crippen LogP) is 4.67. The van der Waals surface area contributed by atoms with Gasteiger partial charge in [-0.05, 0) is 41.5 Å². The van der Waals surface area contributed by atoms with E-state index in [-0.39, 0.29) is 5.82 Å². The molecule has 0 fully saturated rings. The lowest BCUT2D eigenvalue weighted by molar-refractivity contribution is 0.602. The summed E-state index contributed by atoms with van der Waals surface area (Å²) >= 11 is 1.57. The molecule has 0 aliphatic carbocycles. The summed E-state index contributed by atoms with van der Waals surface area (Å²) in [6.07, 6.45) is 1.19. The van der Waals surface area contributed by atoms with Gasteiger partial charge in [-0.3, -0.25) is 0 Å². The molecule has 0 unspecified atom stereocenters. The first-order valence-corrected chi connectivity index (χ1v) is 9.97. The number of thiophene rings is 1. The van der Waals surface area contributed by atoms with E-state index in [4.69, 9.17) is 0 Å². The van der Waals surface area contributed by atoms with E-state index >= 15 is 0 Å². The Morgan fingerprint density at radius 2 is 1.54 bits per heavy atom. The van der Waals surface area contributed by atoms with Crippen LogP contribution in [0, 0.1) is 5.82 Å². The maximum Gasteiger partial charge on any atom is 0.175 e. The lowest BCUT2D eigenvalue weighted by atomic mass is 10.0. The second-order valence-electron chi connectivity index (χ2n) is 5.41. The molecule has 0 saturated heterocycles. The number of rotatable bonds is 4. The summed E-state index contributed by atoms with van der Waals surface area (Å²) < 4.78 is 36.4. The topological polar surface area (TPSA) is 46.2 Å². The van der Waals surface area contributed by atoms with Crippen LogP contribution in [0.2, 0.25) is 0 Å². The Balaban J connectivity index is 2.10. The normalized spacial score (nSPS) is 11.5. The monoisotopic (exact) mass is 361 g/mol. The van der Waals surface area contributed by atoms with Crippen molar-refractivity contribution in [3.05, 3.63) is 60.4 Å². The Morgan fingerprint density at radius 3 is 2.08 bits per heavy atom. The van der Waals surface area contributed by atoms with E-state index in [0.717, 1.165) is 26.6 Å². The number of hydrogen-bond donors (Lipinski definition) is 1. The van der Waals surface area contributed by atoms with E-state index in [1.54, 1.807) is 47.7 Å². The fourth-order valence-electron chi connectivity index (χ4n) is 2.43. The highest BCUT2D eigenvalue weighted by Crippen LogP contribution is 2.41. The third-order valence-corrected chi connectivity index (χ3v) is 6.01. The summed E-state index contributed by atoms with van der Waals surface area (Å²) in [5, 5.41) is 4.11. The molecule has 1 aromatic heterocycles. The van der Waals surface area contributed by atoms with Crippen LogP contribution in [0.3, 0.4) is 0 Å². The fourth-order valence-corrected chi connectivity index (χ4v) is 4.10. The zero-order valence-corrected chi connectivity index (χ0v) is 14.8. The zero-order chi connectivity index (χ0) is 17.3. The molecule has 0 aliphatic heterocycles. The summed E-state index contributed by atoms with van der Waals surface area (Å²) in [7, 11) is -1.38. The SMILES string of the molecule is CNc1cc(-c2ccc(S(C)(=O)=O)cc2)c(-c2ccc(F)cc2)s1. The molecule has 0 aliphatic rings. The summed E-state index contributed by atoms with van der Waals surface area (Å²) in [5.41, 5.74) is 2.82. The van der Waals surface area contributed by atoms with Crippen LogP contribution in [0.1, 0.15) is 0 Å². The average Bonchev–Trinajstić information content (AvgIpc) is 2.99. The minimum atomic E-state index is -3.22. The molecule has 1 N–H and O–H groups in total. The number of halogens is 1. The van der Waals surface area contributed by atoms with Crippen molar-refractivity contribution in [1.82, 2.24) is 0 Å². The van der Waals surface area contributed by atoms with Gasteiger partial charge < -0.3 is 5.32 Å². The van der Waals surface area contributed by atoms with Gasteiger partial charge in [0.05, 0.1) is 9.90 Å². The number of anilines is 1. The minimum Gasteiger partial charge on any atom is -0.380 e. The number of sulfone groups is 1. The predicted molar refractivity (Wildman–Crippen MR) is 97.8 cm³/mol. The Kier molecular flexibility index (Phi) is 4.43. The van der Waals surface area contributed by atoms with Gasteiger partial charge in [0.15, 0.2) is 9.84 Å². The molecule has 0 atom stereocenters. The van der Waals surface area contributed by atoms with Crippen molar-refractivity contribution in [1.29, 1.82) is 0 Å². The third-order valence-electron chi connectivity index (χ3n) is 3.68. The van der Waals surface area contributed by atoms with E-state index in [1.165, 1.54) is 18.4 Å². The standard InChI is InChI=1S/C18H16FNO2S2/c1-20-17-11-16(12-5-9-15(10-6-12)24(2,21)22)18(23-17)13-3-7-14(19)8-4-13/h3-11,20H,1-2H3. The van der Waals surface area contributed by atoms with Gasteiger partial charge >= 0.3 is 0 Å². The maximum atomic E-state index is 13.2. The maximum absolute atomic E-state index is 13.2. The van der Waals surface area contributed by atoms with E-state index in [1.807, 2.05) is 13.1 Å². The van der Waals surface area contributed by atoms with Crippen molar-refractivity contribution in [2.75, 3.05) is 18.6 Å². The van der Waals surface area contributed by atoms with Crippen molar-refractivity contribution >= 4 is 26.2 Å². The summed E-state index contributed by atoms with van der Waals surface area (Å²) in [6.45, 7) is 0. The lowest BCUT2D eigenvalue weighted by Gasteiger charge is -2.05. The quantitative estimate of drug-likeness (QED) is 0.735. The van der Waals surface area contributed by atoms with Crippen LogP contribution >= 0.6 is 11.3 Å². The molecule has 0 amide bonds. The number of nitrogens with one attached hydrogen (secondary N) is 1. The van der Waals surface area contributed by atoms with Gasteiger partial charge in [-0.2, -0.15) is 0 Å². The molecule has 3 nitrogen and oxygen atoms in total. The number of benzene rings is 2. The van der Waals surface area contributed by atoms with Crippen LogP contribution in [-0.4, -0.2) is 21.7 Å². The Bertz CT molecular complexity index is 959. The molecule has 24 heavy (non-hydrogen) atoms. The molecular formula is C18H16FNO2S2. The average molecular weight is 361 g/mol. The summed E-state index contributed by atoms with van der Waals surface area (Å²) in [5.74, 6) is -0.275. The Hall–Kier alpha value is -2.18. The van der Waals surface area contributed by atoms with E-state index in [9.17, 15) is 12.8 Å². The van der Waals surface area contributed by atoms with Gasteiger partial charge in [0, 0.05) is 23.7 Å². The van der Waals surface area contributed by atoms with Gasteiger partial charge in [-0.15, -0.1) is 11.3 Å². The zero-order valence-electron chi connectivity index (χ0n) is 13.2. The first kappa shape index (κ1) is 16.7. The van der Waals surface area contributed by atoms with E-state index < -0.39 is 9.84 Å². The van der Waals surface area contributed by atoms with Crippen molar-refractivity contribution in [2.45, 2.75) is 4.90 Å². The largest absolute Gasteiger partial charge is 0.380 e. The van der Waals surface area contributed by atoms with E-state index in [2.05, 4.69) is 5.32 Å². The van der Waals surface area contributed by atoms with Gasteiger partial charge in [-0.25, -0.2) is 12.8 Å². The molecule has 3 aromatic rings. The van der Waals surface area contributed by atoms with Gasteiger partial charge in [0.2, 0.25) is 0 Å². The summed E-state index contributed by atoms with van der Waals surface area (Å²) in [4.78, 5) is 1.30. The Morgan fingerprint density at radius 1 is 0.958 bits per heavy atom. The molecule has 124 valence electrons. The van der Waals surface area contributed by atoms with Gasteiger partial charge in [-0.1, -0.05) is 24.3 Å². The molecule has 3 rings (SSSR count). The molecular weight excluding hydrogens is 345 g/mol. The van der Waals surface area contributed by atoms with Crippen molar-refractivity contribution in [2.24, 2.45) is 0 Å². The molecule has 0 spiro atoms. The third kappa shape index (κ3) is 3.34. The van der Waals surface area contributed by atoms with Gasteiger partial charge in [0.1, 0.15) is 5.82 Å². The molecule has 6 heteroatoms. The van der Waals surface area contributed by atoms with Crippen molar-refractivity contribution in [3.8, 4) is 21.6 Å². The lowest BCUT2D eigenvalue weighted by Crippen LogP contribution is -1.96. The summed E-state index contributed by atoms with van der Waals surface area (Å²) in [6, 6.07) is 15.2. The van der Waals surface area contributed by atoms with Crippen LogP contribution in [0.25, 0.3) is 21.6 Å². The van der Waals surface area contributed by atoms with E-state index in [0.29, 0.717) is 4.90 Å². The molecule has 0 bridgehead atoms. The smallest absolute Gasteiger partial charge is 0.175 e. The highest BCUT2D eigenvalue weighted by atomic mass is 32.2. The molecule has 1 heterocycles. The van der Waals surface area contributed by atoms with Crippen LogP contribution in [0.4, 0.5) is 9.39 Å². The Labute approximate surface area is 144 Å². The first-order valence-electron chi connectivity index (χ1n) is 7.26. The molecule has 0 radical (unpaired) electrons. The van der Waals surface area contributed by atoms with Crippen molar-refractivity contribution < 1.29 is 12.8 Å². The highest BCUT2D eigenvalue weighted by Gasteiger charge is 2.14. The van der Waals surface area contributed by atoms with Crippen molar-refractivity contribution in [3.63, 3.8) is 0 Å². The molecule has 0 saturated carbocycles. The number of hydrogen-bond acceptors (Lipinski definition) is 4. The van der Waals surface area contributed by atoms with Crippen LogP contribution in [0.5, 0.6) is 0 Å². The minimum absolute atomic E-state index is 0.275. The van der Waals surface area contributed by atoms with Gasteiger partial charge in [0.25, 0.3) is 0 Å². The molecule has 2 aromatic carbocycles. The fraction of sp³-hybridized carbons (Fsp3) is 0.111. The second kappa shape index (κ2) is 6.37. The van der Waals surface area contributed by atoms with Crippen LogP contribution in [-0.2, 0) is 9.84 Å². The van der Waals surface area contributed by atoms with Crippen LogP contribution < -0.4 is 5.32 Å². The second-order valence-corrected chi connectivity index (χ2v) is 8.47.